The summed E-state index contributed by atoms with van der Waals surface area (Å²) in [6, 6.07) is 3.47. The average Bonchev–Trinajstić information content (AvgIpc) is 2.88. The van der Waals surface area contributed by atoms with Gasteiger partial charge in [0.05, 0.1) is 21.5 Å². The summed E-state index contributed by atoms with van der Waals surface area (Å²) in [7, 11) is 0. The van der Waals surface area contributed by atoms with Crippen LogP contribution in [-0.2, 0) is 6.18 Å². The van der Waals surface area contributed by atoms with E-state index in [2.05, 4.69) is 4.98 Å². The molecule has 2 aromatic carbocycles. The highest BCUT2D eigenvalue weighted by molar-refractivity contribution is 5.78. The molecule has 0 unspecified atom stereocenters. The van der Waals surface area contributed by atoms with Crippen LogP contribution in [0.5, 0.6) is 0 Å². The van der Waals surface area contributed by atoms with Crippen LogP contribution in [0.15, 0.2) is 36.7 Å². The van der Waals surface area contributed by atoms with Crippen LogP contribution >= 0.6 is 0 Å². The van der Waals surface area contributed by atoms with E-state index in [1.165, 1.54) is 0 Å². The Bertz CT molecular complexity index is 965. The third-order valence-corrected chi connectivity index (χ3v) is 3.35. The van der Waals surface area contributed by atoms with Crippen molar-refractivity contribution in [3.8, 4) is 5.69 Å². The third kappa shape index (κ3) is 2.55. The molecule has 1 aromatic heterocycles. The fraction of sp³-hybridized carbons (Fsp3) is 0.0714. The first-order valence-corrected chi connectivity index (χ1v) is 6.36. The van der Waals surface area contributed by atoms with Gasteiger partial charge in [-0.3, -0.25) is 14.7 Å². The molecule has 0 bridgehead atoms. The van der Waals surface area contributed by atoms with Crippen LogP contribution in [0, 0.1) is 21.7 Å². The minimum absolute atomic E-state index is 0.00287. The second kappa shape index (κ2) is 5.25. The summed E-state index contributed by atoms with van der Waals surface area (Å²) in [5, 5.41) is 11.1. The van der Waals surface area contributed by atoms with E-state index in [0.29, 0.717) is 12.1 Å². The van der Waals surface area contributed by atoms with E-state index < -0.39 is 34.0 Å². The smallest absolute Gasteiger partial charge is 0.292 e. The van der Waals surface area contributed by atoms with Gasteiger partial charge in [-0.05, 0) is 12.1 Å². The van der Waals surface area contributed by atoms with Crippen molar-refractivity contribution in [1.29, 1.82) is 0 Å². The molecule has 1 heterocycles. The van der Waals surface area contributed by atoms with Crippen molar-refractivity contribution in [1.82, 2.24) is 9.55 Å². The molecule has 3 aromatic rings. The number of hydrogen-bond donors (Lipinski definition) is 0. The maximum Gasteiger partial charge on any atom is 0.416 e. The molecule has 0 radical (unpaired) electrons. The Morgan fingerprint density at radius 2 is 1.75 bits per heavy atom. The molecule has 0 amide bonds. The van der Waals surface area contributed by atoms with Crippen molar-refractivity contribution in [3.05, 3.63) is 64.0 Å². The zero-order valence-electron chi connectivity index (χ0n) is 11.5. The first kappa shape index (κ1) is 15.8. The molecule has 0 saturated heterocycles. The molecule has 5 nitrogen and oxygen atoms in total. The number of nitro benzene ring substituents is 1. The molecule has 0 aliphatic carbocycles. The normalized spacial score (nSPS) is 11.9. The molecule has 0 spiro atoms. The lowest BCUT2D eigenvalue weighted by Crippen LogP contribution is -2.07. The maximum absolute atomic E-state index is 13.4. The van der Waals surface area contributed by atoms with E-state index in [4.69, 9.17) is 0 Å². The van der Waals surface area contributed by atoms with Gasteiger partial charge in [0.1, 0.15) is 12.0 Å². The number of aromatic nitrogens is 2. The van der Waals surface area contributed by atoms with Gasteiger partial charge in [0.25, 0.3) is 5.69 Å². The SMILES string of the molecule is O=[N+]([O-])c1cc(C(F)(F)F)ccc1-n1cnc2cc(F)c(F)cc21. The Balaban J connectivity index is 2.26. The molecule has 24 heavy (non-hydrogen) atoms. The van der Waals surface area contributed by atoms with Crippen LogP contribution in [-0.4, -0.2) is 14.5 Å². The number of fused-ring (bicyclic) bond motifs is 1. The highest BCUT2D eigenvalue weighted by Gasteiger charge is 2.33. The van der Waals surface area contributed by atoms with Gasteiger partial charge in [0.2, 0.25) is 0 Å². The Morgan fingerprint density at radius 1 is 1.08 bits per heavy atom. The van der Waals surface area contributed by atoms with E-state index in [-0.39, 0.29) is 16.7 Å². The Hall–Kier alpha value is -3.04. The number of rotatable bonds is 2. The molecule has 3 rings (SSSR count). The maximum atomic E-state index is 13.4. The highest BCUT2D eigenvalue weighted by Crippen LogP contribution is 2.35. The quantitative estimate of drug-likeness (QED) is 0.397. The minimum atomic E-state index is -4.75. The predicted octanol–water partition coefficient (Wildman–Crippen LogP) is 4.23. The molecule has 124 valence electrons. The fourth-order valence-corrected chi connectivity index (χ4v) is 2.25. The van der Waals surface area contributed by atoms with E-state index >= 15 is 0 Å². The van der Waals surface area contributed by atoms with E-state index in [1.807, 2.05) is 0 Å². The molecule has 10 heteroatoms. The summed E-state index contributed by atoms with van der Waals surface area (Å²) in [6.07, 6.45) is -3.71. The monoisotopic (exact) mass is 343 g/mol. The summed E-state index contributed by atoms with van der Waals surface area (Å²) in [5.41, 5.74) is -2.30. The van der Waals surface area contributed by atoms with Gasteiger partial charge in [-0.2, -0.15) is 13.2 Å². The zero-order chi connectivity index (χ0) is 17.6. The van der Waals surface area contributed by atoms with Crippen molar-refractivity contribution < 1.29 is 26.9 Å². The summed E-state index contributed by atoms with van der Waals surface area (Å²) >= 11 is 0. The van der Waals surface area contributed by atoms with Gasteiger partial charge in [-0.1, -0.05) is 0 Å². The minimum Gasteiger partial charge on any atom is -0.292 e. The van der Waals surface area contributed by atoms with Gasteiger partial charge in [-0.15, -0.1) is 0 Å². The largest absolute Gasteiger partial charge is 0.416 e. The highest BCUT2D eigenvalue weighted by atomic mass is 19.4. The third-order valence-electron chi connectivity index (χ3n) is 3.35. The number of nitro groups is 1. The first-order chi connectivity index (χ1) is 11.2. The van der Waals surface area contributed by atoms with Crippen LogP contribution in [0.2, 0.25) is 0 Å². The van der Waals surface area contributed by atoms with Crippen molar-refractivity contribution in [2.75, 3.05) is 0 Å². The average molecular weight is 343 g/mol. The second-order valence-corrected chi connectivity index (χ2v) is 4.83. The Labute approximate surface area is 130 Å². The number of hydrogen-bond acceptors (Lipinski definition) is 3. The van der Waals surface area contributed by atoms with Crippen molar-refractivity contribution in [2.45, 2.75) is 6.18 Å². The number of halogens is 5. The predicted molar refractivity (Wildman–Crippen MR) is 72.6 cm³/mol. The summed E-state index contributed by atoms with van der Waals surface area (Å²) in [5.74, 6) is -2.37. The number of alkyl halides is 3. The molecule has 0 N–H and O–H groups in total. The van der Waals surface area contributed by atoms with E-state index in [9.17, 15) is 32.1 Å². The van der Waals surface area contributed by atoms with Gasteiger partial charge in [0.15, 0.2) is 11.6 Å². The zero-order valence-corrected chi connectivity index (χ0v) is 11.5. The van der Waals surface area contributed by atoms with Gasteiger partial charge < -0.3 is 0 Å². The van der Waals surface area contributed by atoms with Crippen LogP contribution in [0.25, 0.3) is 16.7 Å². The standard InChI is InChI=1S/C14H6F5N3O2/c15-8-4-10-12(5-9(8)16)21(6-20-10)11-2-1-7(14(17,18)19)3-13(11)22(23)24/h1-6H. The first-order valence-electron chi connectivity index (χ1n) is 6.36. The molecule has 0 aliphatic rings. The van der Waals surface area contributed by atoms with E-state index in [1.54, 1.807) is 0 Å². The van der Waals surface area contributed by atoms with E-state index in [0.717, 1.165) is 29.1 Å². The number of nitrogens with zero attached hydrogens (tertiary/aromatic N) is 3. The lowest BCUT2D eigenvalue weighted by molar-refractivity contribution is -0.384. The molecule has 0 saturated carbocycles. The van der Waals surface area contributed by atoms with Crippen LogP contribution < -0.4 is 0 Å². The lowest BCUT2D eigenvalue weighted by Gasteiger charge is -2.10. The van der Waals surface area contributed by atoms with Gasteiger partial charge in [0, 0.05) is 18.2 Å². The van der Waals surface area contributed by atoms with Gasteiger partial charge >= 0.3 is 6.18 Å². The summed E-state index contributed by atoms with van der Waals surface area (Å²) in [4.78, 5) is 13.9. The number of imidazole rings is 1. The van der Waals surface area contributed by atoms with Crippen LogP contribution in [0.1, 0.15) is 5.56 Å². The van der Waals surface area contributed by atoms with Crippen molar-refractivity contribution in [2.24, 2.45) is 0 Å². The van der Waals surface area contributed by atoms with Crippen molar-refractivity contribution >= 4 is 16.7 Å². The molecule has 0 atom stereocenters. The Morgan fingerprint density at radius 3 is 2.38 bits per heavy atom. The lowest BCUT2D eigenvalue weighted by atomic mass is 10.1. The summed E-state index contributed by atoms with van der Waals surface area (Å²) in [6.45, 7) is 0. The van der Waals surface area contributed by atoms with Gasteiger partial charge in [-0.25, -0.2) is 13.8 Å². The molecular formula is C14H6F5N3O2. The second-order valence-electron chi connectivity index (χ2n) is 4.83. The summed E-state index contributed by atoms with van der Waals surface area (Å²) < 4.78 is 65.8. The fourth-order valence-electron chi connectivity index (χ4n) is 2.25. The van der Waals surface area contributed by atoms with Crippen LogP contribution in [0.4, 0.5) is 27.6 Å². The number of benzene rings is 2. The molecule has 0 aliphatic heterocycles. The van der Waals surface area contributed by atoms with Crippen LogP contribution in [0.3, 0.4) is 0 Å². The topological polar surface area (TPSA) is 61.0 Å². The molecule has 0 fully saturated rings. The van der Waals surface area contributed by atoms with Crippen molar-refractivity contribution in [3.63, 3.8) is 0 Å². The Kier molecular flexibility index (Phi) is 3.47. The molecular weight excluding hydrogens is 337 g/mol.